The van der Waals surface area contributed by atoms with E-state index in [-0.39, 0.29) is 36.1 Å². The summed E-state index contributed by atoms with van der Waals surface area (Å²) in [7, 11) is 0. The van der Waals surface area contributed by atoms with Gasteiger partial charge in [-0.25, -0.2) is 9.59 Å². The number of aromatic amines is 1. The lowest BCUT2D eigenvalue weighted by Gasteiger charge is -2.43. The fourth-order valence-corrected chi connectivity index (χ4v) is 7.79. The van der Waals surface area contributed by atoms with Crippen molar-refractivity contribution in [1.29, 1.82) is 0 Å². The van der Waals surface area contributed by atoms with E-state index < -0.39 is 36.7 Å². The number of aromatic hydroxyl groups is 1. The number of phenolic OH excluding ortho intramolecular Hbond substituents is 1. The van der Waals surface area contributed by atoms with Gasteiger partial charge in [0.15, 0.2) is 6.61 Å². The van der Waals surface area contributed by atoms with E-state index in [1.54, 1.807) is 36.4 Å². The van der Waals surface area contributed by atoms with Crippen LogP contribution >= 0.6 is 0 Å². The second kappa shape index (κ2) is 20.2. The molecule has 6 N–H and O–H groups in total. The van der Waals surface area contributed by atoms with Gasteiger partial charge in [0.25, 0.3) is 5.91 Å². The summed E-state index contributed by atoms with van der Waals surface area (Å²) in [6.07, 6.45) is 2.10. The van der Waals surface area contributed by atoms with Crippen molar-refractivity contribution < 1.29 is 38.8 Å². The zero-order valence-corrected chi connectivity index (χ0v) is 33.3. The minimum Gasteiger partial charge on any atom is -0.506 e. The van der Waals surface area contributed by atoms with Crippen molar-refractivity contribution >= 4 is 28.9 Å². The number of aliphatic hydroxyl groups excluding tert-OH is 1. The SMILES string of the molecule is O=C(COC(=O)c1ccc(COc2cccc(C(NC(=O)O[C@H]3CN4CCC3CC4)c3ccccc3)c2)cc1)NCCCCNC[C@@H](O)c1ccc(O)c2[nH]c(=O)ccc12. The summed E-state index contributed by atoms with van der Waals surface area (Å²) in [5.41, 5.74) is 3.41. The molecule has 3 saturated heterocycles. The zero-order valence-electron chi connectivity index (χ0n) is 33.3. The maximum absolute atomic E-state index is 13.2. The van der Waals surface area contributed by atoms with Gasteiger partial charge in [0.05, 0.1) is 23.2 Å². The lowest BCUT2D eigenvalue weighted by Crippen LogP contribution is -2.52. The Balaban J connectivity index is 0.807. The quantitative estimate of drug-likeness (QED) is 0.0510. The fourth-order valence-electron chi connectivity index (χ4n) is 7.79. The van der Waals surface area contributed by atoms with Crippen molar-refractivity contribution in [2.75, 3.05) is 45.9 Å². The lowest BCUT2D eigenvalue weighted by atomic mass is 9.86. The summed E-state index contributed by atoms with van der Waals surface area (Å²) in [6, 6.07) is 29.7. The number of alkyl carbamates (subject to hydrolysis) is 1. The highest BCUT2D eigenvalue weighted by molar-refractivity contribution is 5.91. The third kappa shape index (κ3) is 11.1. The van der Waals surface area contributed by atoms with Gasteiger partial charge in [-0.15, -0.1) is 0 Å². The first-order chi connectivity index (χ1) is 29.2. The molecule has 3 aliphatic heterocycles. The molecule has 3 aliphatic rings. The van der Waals surface area contributed by atoms with Crippen LogP contribution in [0.2, 0.25) is 0 Å². The summed E-state index contributed by atoms with van der Waals surface area (Å²) >= 11 is 0. The third-order valence-corrected chi connectivity index (χ3v) is 11.1. The number of rotatable bonds is 18. The van der Waals surface area contributed by atoms with Gasteiger partial charge in [0.1, 0.15) is 24.2 Å². The number of aliphatic hydroxyl groups is 1. The molecule has 0 radical (unpaired) electrons. The number of H-pyrrole nitrogens is 1. The average molecular weight is 818 g/mol. The van der Waals surface area contributed by atoms with Crippen LogP contribution in [-0.4, -0.2) is 90.0 Å². The summed E-state index contributed by atoms with van der Waals surface area (Å²) in [6.45, 7) is 3.99. The Morgan fingerprint density at radius 2 is 1.63 bits per heavy atom. The molecule has 3 fully saturated rings. The third-order valence-electron chi connectivity index (χ3n) is 11.1. The fraction of sp³-hybridized carbons (Fsp3) is 0.348. The Hall–Kier alpha value is -6.22. The number of piperidine rings is 3. The number of pyridine rings is 1. The molecule has 5 aromatic rings. The second-order valence-corrected chi connectivity index (χ2v) is 15.3. The van der Waals surface area contributed by atoms with E-state index in [0.29, 0.717) is 47.7 Å². The van der Waals surface area contributed by atoms with Gasteiger partial charge in [-0.2, -0.15) is 0 Å². The van der Waals surface area contributed by atoms with Gasteiger partial charge in [-0.3, -0.25) is 14.5 Å². The van der Waals surface area contributed by atoms with Crippen molar-refractivity contribution in [3.63, 3.8) is 0 Å². The molecule has 4 heterocycles. The number of hydrogen-bond acceptors (Lipinski definition) is 11. The predicted octanol–water partition coefficient (Wildman–Crippen LogP) is 5.10. The van der Waals surface area contributed by atoms with Crippen LogP contribution in [0.5, 0.6) is 11.5 Å². The maximum atomic E-state index is 13.2. The second-order valence-electron chi connectivity index (χ2n) is 15.3. The molecule has 0 spiro atoms. The van der Waals surface area contributed by atoms with Crippen LogP contribution in [0.1, 0.15) is 70.4 Å². The van der Waals surface area contributed by atoms with Crippen LogP contribution in [0.3, 0.4) is 0 Å². The highest BCUT2D eigenvalue weighted by atomic mass is 16.6. The van der Waals surface area contributed by atoms with E-state index in [4.69, 9.17) is 14.2 Å². The normalized spacial score (nSPS) is 18.0. The summed E-state index contributed by atoms with van der Waals surface area (Å²) in [5, 5.41) is 30.3. The summed E-state index contributed by atoms with van der Waals surface area (Å²) < 4.78 is 17.3. The lowest BCUT2D eigenvalue weighted by molar-refractivity contribution is -0.124. The monoisotopic (exact) mass is 817 g/mol. The Morgan fingerprint density at radius 1 is 0.867 bits per heavy atom. The minimum absolute atomic E-state index is 0.0671. The summed E-state index contributed by atoms with van der Waals surface area (Å²) in [5.74, 6) is -0.0725. The first-order valence-corrected chi connectivity index (χ1v) is 20.4. The number of unbranched alkanes of at least 4 members (excludes halogenated alkanes) is 1. The molecule has 14 nitrogen and oxygen atoms in total. The van der Waals surface area contributed by atoms with Crippen LogP contribution in [0.4, 0.5) is 4.79 Å². The Kier molecular flexibility index (Phi) is 14.1. The van der Waals surface area contributed by atoms with Crippen LogP contribution in [0.15, 0.2) is 108 Å². The molecule has 4 aromatic carbocycles. The number of aromatic nitrogens is 1. The Morgan fingerprint density at radius 3 is 2.40 bits per heavy atom. The first-order valence-electron chi connectivity index (χ1n) is 20.4. The molecule has 3 atom stereocenters. The van der Waals surface area contributed by atoms with E-state index in [1.165, 1.54) is 12.1 Å². The molecule has 2 amide bonds. The molecular weight excluding hydrogens is 767 g/mol. The number of esters is 1. The van der Waals surface area contributed by atoms with Crippen molar-refractivity contribution in [2.24, 2.45) is 5.92 Å². The van der Waals surface area contributed by atoms with E-state index in [0.717, 1.165) is 55.6 Å². The maximum Gasteiger partial charge on any atom is 0.408 e. The standard InChI is InChI=1S/C46H51N5O9/c52-38-17-15-36(37-16-18-41(54)49-44(37)38)39(53)26-47-21-4-5-22-48-42(55)29-59-45(56)33-13-11-30(12-14-33)28-58-35-10-6-9-34(25-35)43(32-7-2-1-3-8-32)50-46(57)60-40-27-51-23-19-31(40)20-24-51/h1-3,6-18,25,31,39-40,43,47,52-53H,4-5,19-24,26-29H2,(H,48,55)(H,49,54)(H,50,57)/t39-,40+,43?/m1/s1. The molecule has 314 valence electrons. The molecule has 14 heteroatoms. The molecule has 0 saturated carbocycles. The molecule has 8 rings (SSSR count). The van der Waals surface area contributed by atoms with Gasteiger partial charge in [0, 0.05) is 31.1 Å². The average Bonchev–Trinajstić information content (AvgIpc) is 3.27. The van der Waals surface area contributed by atoms with Crippen molar-refractivity contribution in [3.8, 4) is 11.5 Å². The largest absolute Gasteiger partial charge is 0.506 e. The number of fused-ring (bicyclic) bond motifs is 4. The van der Waals surface area contributed by atoms with Crippen LogP contribution in [0.25, 0.3) is 10.9 Å². The Bertz CT molecular complexity index is 2290. The number of nitrogens with zero attached hydrogens (tertiary/aromatic N) is 1. The number of benzene rings is 4. The van der Waals surface area contributed by atoms with Crippen molar-refractivity contribution in [3.05, 3.63) is 141 Å². The topological polar surface area (TPSA) is 192 Å². The molecule has 2 bridgehead atoms. The Labute approximate surface area is 347 Å². The van der Waals surface area contributed by atoms with E-state index >= 15 is 0 Å². The van der Waals surface area contributed by atoms with Gasteiger partial charge >= 0.3 is 12.1 Å². The van der Waals surface area contributed by atoms with Crippen molar-refractivity contribution in [2.45, 2.75) is 50.5 Å². The molecule has 0 aliphatic carbocycles. The highest BCUT2D eigenvalue weighted by Crippen LogP contribution is 2.31. The summed E-state index contributed by atoms with van der Waals surface area (Å²) in [4.78, 5) is 54.8. The molecule has 60 heavy (non-hydrogen) atoms. The number of ether oxygens (including phenoxy) is 3. The van der Waals surface area contributed by atoms with Crippen LogP contribution in [0, 0.1) is 5.92 Å². The van der Waals surface area contributed by atoms with Gasteiger partial charge in [0.2, 0.25) is 5.56 Å². The number of carbonyl (C=O) groups excluding carboxylic acids is 3. The van der Waals surface area contributed by atoms with Crippen LogP contribution < -0.4 is 26.2 Å². The molecular formula is C46H51N5O9. The minimum atomic E-state index is -0.858. The van der Waals surface area contributed by atoms with Crippen molar-refractivity contribution in [1.82, 2.24) is 25.8 Å². The highest BCUT2D eigenvalue weighted by Gasteiger charge is 2.37. The van der Waals surface area contributed by atoms with Crippen LogP contribution in [-0.2, 0) is 20.9 Å². The number of amides is 2. The number of carbonyl (C=O) groups is 3. The van der Waals surface area contributed by atoms with Gasteiger partial charge in [-0.1, -0.05) is 60.7 Å². The van der Waals surface area contributed by atoms with Gasteiger partial charge in [-0.05, 0) is 110 Å². The predicted molar refractivity (Wildman–Crippen MR) is 225 cm³/mol. The van der Waals surface area contributed by atoms with Gasteiger partial charge < -0.3 is 45.4 Å². The smallest absolute Gasteiger partial charge is 0.408 e. The first kappa shape index (κ1) is 41.9. The number of hydrogen-bond donors (Lipinski definition) is 6. The van der Waals surface area contributed by atoms with E-state index in [9.17, 15) is 29.4 Å². The zero-order chi connectivity index (χ0) is 41.8. The molecule has 1 aromatic heterocycles. The molecule has 1 unspecified atom stereocenters. The van der Waals surface area contributed by atoms with E-state index in [1.807, 2.05) is 54.6 Å². The number of nitrogens with one attached hydrogen (secondary N) is 4. The van der Waals surface area contributed by atoms with E-state index in [2.05, 4.69) is 25.8 Å². The number of phenols is 1.